The van der Waals surface area contributed by atoms with Gasteiger partial charge in [-0.15, -0.1) is 0 Å². The van der Waals surface area contributed by atoms with Crippen molar-refractivity contribution >= 4 is 17.8 Å². The highest BCUT2D eigenvalue weighted by molar-refractivity contribution is 5.93. The van der Waals surface area contributed by atoms with Gasteiger partial charge >= 0.3 is 11.9 Å². The molecule has 0 aliphatic heterocycles. The summed E-state index contributed by atoms with van der Waals surface area (Å²) in [6.45, 7) is 1.34. The molecule has 1 amide bonds. The first-order chi connectivity index (χ1) is 14.8. The Morgan fingerprint density at radius 3 is 2.10 bits per heavy atom. The minimum Gasteiger partial charge on any atom is -0.444 e. The van der Waals surface area contributed by atoms with E-state index >= 15 is 0 Å². The van der Waals surface area contributed by atoms with Crippen LogP contribution in [0.5, 0.6) is 5.75 Å². The van der Waals surface area contributed by atoms with Crippen molar-refractivity contribution < 1.29 is 23.9 Å². The molecule has 0 aromatic heterocycles. The van der Waals surface area contributed by atoms with Gasteiger partial charge in [0.2, 0.25) is 6.10 Å². The second kappa shape index (κ2) is 9.71. The van der Waals surface area contributed by atoms with Crippen molar-refractivity contribution in [2.75, 3.05) is 14.1 Å². The molecule has 3 rings (SSSR count). The van der Waals surface area contributed by atoms with Crippen LogP contribution in [-0.4, -0.2) is 36.8 Å². The summed E-state index contributed by atoms with van der Waals surface area (Å²) in [6, 6.07) is 22.8. The van der Waals surface area contributed by atoms with Crippen LogP contribution >= 0.6 is 0 Å². The lowest BCUT2D eigenvalue weighted by molar-refractivity contribution is -0.138. The number of carbonyl (C=O) groups excluding carboxylic acids is 3. The van der Waals surface area contributed by atoms with Crippen molar-refractivity contribution in [3.63, 3.8) is 0 Å². The van der Waals surface area contributed by atoms with E-state index in [1.807, 2.05) is 12.1 Å². The maximum Gasteiger partial charge on any atom is 0.339 e. The number of likely N-dealkylation sites (N-methyl/N-ethyl adjacent to an activating group) is 1. The van der Waals surface area contributed by atoms with Crippen LogP contribution in [0.4, 0.5) is 0 Å². The zero-order valence-corrected chi connectivity index (χ0v) is 17.6. The molecule has 0 aliphatic rings. The van der Waals surface area contributed by atoms with E-state index in [-0.39, 0.29) is 5.91 Å². The average Bonchev–Trinajstić information content (AvgIpc) is 2.77. The predicted molar refractivity (Wildman–Crippen MR) is 116 cm³/mol. The summed E-state index contributed by atoms with van der Waals surface area (Å²) in [5.41, 5.74) is 2.56. The number of esters is 2. The topological polar surface area (TPSA) is 72.9 Å². The van der Waals surface area contributed by atoms with Gasteiger partial charge in [-0.1, -0.05) is 54.6 Å². The van der Waals surface area contributed by atoms with Crippen molar-refractivity contribution in [1.82, 2.24) is 4.90 Å². The molecule has 6 heteroatoms. The van der Waals surface area contributed by atoms with E-state index in [2.05, 4.69) is 0 Å². The largest absolute Gasteiger partial charge is 0.444 e. The number of hydrogen-bond acceptors (Lipinski definition) is 5. The molecule has 0 fully saturated rings. The van der Waals surface area contributed by atoms with Crippen molar-refractivity contribution in [1.29, 1.82) is 0 Å². The maximum absolute atomic E-state index is 12.9. The maximum atomic E-state index is 12.9. The molecule has 3 aromatic rings. The SMILES string of the molecule is CC(=O)Oc1ccc(-c2cccc(C(=O)O[C@H](C(=O)N(C)C)c3ccccc3)c2)cc1. The summed E-state index contributed by atoms with van der Waals surface area (Å²) in [4.78, 5) is 37.9. The summed E-state index contributed by atoms with van der Waals surface area (Å²) >= 11 is 0. The zero-order valence-electron chi connectivity index (χ0n) is 17.6. The second-order valence-corrected chi connectivity index (χ2v) is 7.13. The van der Waals surface area contributed by atoms with Gasteiger partial charge in [0.05, 0.1) is 5.56 Å². The Kier molecular flexibility index (Phi) is 6.82. The summed E-state index contributed by atoms with van der Waals surface area (Å²) in [5.74, 6) is -0.864. The number of ether oxygens (including phenoxy) is 2. The van der Waals surface area contributed by atoms with Gasteiger partial charge in [0.1, 0.15) is 5.75 Å². The third-order valence-electron chi connectivity index (χ3n) is 4.54. The molecular formula is C25H23NO5. The summed E-state index contributed by atoms with van der Waals surface area (Å²) in [6.07, 6.45) is -1.03. The van der Waals surface area contributed by atoms with Gasteiger partial charge in [-0.3, -0.25) is 9.59 Å². The first-order valence-corrected chi connectivity index (χ1v) is 9.71. The minimum absolute atomic E-state index is 0.322. The molecule has 0 heterocycles. The first-order valence-electron chi connectivity index (χ1n) is 9.71. The molecule has 31 heavy (non-hydrogen) atoms. The van der Waals surface area contributed by atoms with Gasteiger partial charge in [-0.2, -0.15) is 0 Å². The second-order valence-electron chi connectivity index (χ2n) is 7.13. The summed E-state index contributed by atoms with van der Waals surface area (Å²) in [5, 5.41) is 0. The lowest BCUT2D eigenvalue weighted by atomic mass is 10.0. The Bertz CT molecular complexity index is 1070. The third kappa shape index (κ3) is 5.57. The molecule has 1 atom stereocenters. The molecule has 0 saturated heterocycles. The first kappa shape index (κ1) is 21.8. The van der Waals surface area contributed by atoms with E-state index in [9.17, 15) is 14.4 Å². The molecule has 0 radical (unpaired) electrons. The van der Waals surface area contributed by atoms with Crippen LogP contribution in [0.1, 0.15) is 28.9 Å². The van der Waals surface area contributed by atoms with Gasteiger partial charge in [0, 0.05) is 26.6 Å². The minimum atomic E-state index is -1.03. The van der Waals surface area contributed by atoms with Crippen molar-refractivity contribution in [2.24, 2.45) is 0 Å². The molecule has 0 spiro atoms. The number of benzene rings is 3. The van der Waals surface area contributed by atoms with Crippen molar-refractivity contribution in [3.05, 3.63) is 90.0 Å². The number of carbonyl (C=O) groups is 3. The van der Waals surface area contributed by atoms with E-state index in [4.69, 9.17) is 9.47 Å². The highest BCUT2D eigenvalue weighted by atomic mass is 16.5. The quantitative estimate of drug-likeness (QED) is 0.443. The molecule has 6 nitrogen and oxygen atoms in total. The van der Waals surface area contributed by atoms with Crippen LogP contribution in [0.2, 0.25) is 0 Å². The van der Waals surface area contributed by atoms with E-state index in [1.165, 1.54) is 11.8 Å². The van der Waals surface area contributed by atoms with Gasteiger partial charge in [0.15, 0.2) is 0 Å². The van der Waals surface area contributed by atoms with E-state index in [0.717, 1.165) is 11.1 Å². The predicted octanol–water partition coefficient (Wildman–Crippen LogP) is 4.27. The smallest absolute Gasteiger partial charge is 0.339 e. The van der Waals surface area contributed by atoms with E-state index in [0.29, 0.717) is 16.9 Å². The number of rotatable bonds is 6. The van der Waals surface area contributed by atoms with Crippen LogP contribution in [0.3, 0.4) is 0 Å². The molecule has 0 unspecified atom stereocenters. The van der Waals surface area contributed by atoms with Crippen LogP contribution in [0, 0.1) is 0 Å². The fourth-order valence-corrected chi connectivity index (χ4v) is 3.01. The number of amides is 1. The average molecular weight is 417 g/mol. The molecule has 158 valence electrons. The van der Waals surface area contributed by atoms with E-state index in [1.54, 1.807) is 80.8 Å². The van der Waals surface area contributed by atoms with Gasteiger partial charge < -0.3 is 14.4 Å². The van der Waals surface area contributed by atoms with Crippen LogP contribution in [-0.2, 0) is 14.3 Å². The highest BCUT2D eigenvalue weighted by Gasteiger charge is 2.27. The van der Waals surface area contributed by atoms with Gasteiger partial charge in [0.25, 0.3) is 5.91 Å². The molecule has 0 N–H and O–H groups in total. The molecular weight excluding hydrogens is 394 g/mol. The molecule has 0 saturated carbocycles. The molecule has 0 aliphatic carbocycles. The fraction of sp³-hybridized carbons (Fsp3) is 0.160. The van der Waals surface area contributed by atoms with Gasteiger partial charge in [-0.05, 0) is 35.4 Å². The van der Waals surface area contributed by atoms with Crippen LogP contribution in [0.25, 0.3) is 11.1 Å². The van der Waals surface area contributed by atoms with E-state index < -0.39 is 18.0 Å². The van der Waals surface area contributed by atoms with Crippen molar-refractivity contribution in [2.45, 2.75) is 13.0 Å². The lowest BCUT2D eigenvalue weighted by Gasteiger charge is -2.21. The van der Waals surface area contributed by atoms with Crippen LogP contribution < -0.4 is 4.74 Å². The fourth-order valence-electron chi connectivity index (χ4n) is 3.01. The lowest BCUT2D eigenvalue weighted by Crippen LogP contribution is -2.31. The summed E-state index contributed by atoms with van der Waals surface area (Å²) < 4.78 is 10.7. The highest BCUT2D eigenvalue weighted by Crippen LogP contribution is 2.26. The number of nitrogens with zero attached hydrogens (tertiary/aromatic N) is 1. The Morgan fingerprint density at radius 2 is 1.48 bits per heavy atom. The number of hydrogen-bond donors (Lipinski definition) is 0. The Labute approximate surface area is 181 Å². The standard InChI is InChI=1S/C25H23NO5/c1-17(27)30-22-14-12-18(13-15-22)20-10-7-11-21(16-20)25(29)31-23(24(28)26(2)3)19-8-5-4-6-9-19/h4-16,23H,1-3H3/t23-/m0/s1. The normalized spacial score (nSPS) is 11.3. The van der Waals surface area contributed by atoms with Gasteiger partial charge in [-0.25, -0.2) is 4.79 Å². The third-order valence-corrected chi connectivity index (χ3v) is 4.54. The molecule has 3 aromatic carbocycles. The Morgan fingerprint density at radius 1 is 0.806 bits per heavy atom. The Balaban J connectivity index is 1.83. The zero-order chi connectivity index (χ0) is 22.4. The summed E-state index contributed by atoms with van der Waals surface area (Å²) in [7, 11) is 3.23. The monoisotopic (exact) mass is 417 g/mol. The van der Waals surface area contributed by atoms with Crippen molar-refractivity contribution in [3.8, 4) is 16.9 Å². The Hall–Kier alpha value is -3.93. The van der Waals surface area contributed by atoms with Crippen LogP contribution in [0.15, 0.2) is 78.9 Å². The molecule has 0 bridgehead atoms.